The molecule has 10 nitrogen and oxygen atoms in total. The van der Waals surface area contributed by atoms with Gasteiger partial charge in [0.25, 0.3) is 10.1 Å². The van der Waals surface area contributed by atoms with Crippen LogP contribution >= 0.6 is 0 Å². The van der Waals surface area contributed by atoms with Crippen molar-refractivity contribution in [1.29, 1.82) is 0 Å². The first-order valence-electron chi connectivity index (χ1n) is 9.35. The molecule has 0 aliphatic carbocycles. The van der Waals surface area contributed by atoms with Crippen LogP contribution in [0.2, 0.25) is 0 Å². The number of urea groups is 1. The van der Waals surface area contributed by atoms with E-state index >= 15 is 0 Å². The fourth-order valence-corrected chi connectivity index (χ4v) is 2.39. The fourth-order valence-electron chi connectivity index (χ4n) is 2.39. The molecule has 2 heterocycles. The number of amides is 2. The normalized spacial score (nSPS) is 11.3. The standard InChI is InChI=1S/C19H19F2N5O2.CH4O3S/c1-19(10-20,11-21)15-8-17(26-28-15)25-18(27)24-14-5-2-12(3-6-14)13-4-7-16(22)23-9-13;1-5(2,3)4/h2-9H,10-11H2,1H3,(H2,22,23)(H2,24,25,26,27);1H3,(H,2,3,4). The van der Waals surface area contributed by atoms with Crippen molar-refractivity contribution in [2.24, 2.45) is 0 Å². The maximum absolute atomic E-state index is 13.0. The predicted molar refractivity (Wildman–Crippen MR) is 120 cm³/mol. The second-order valence-corrected chi connectivity index (χ2v) is 8.73. The number of benzene rings is 1. The van der Waals surface area contributed by atoms with Crippen molar-refractivity contribution in [3.63, 3.8) is 0 Å². The van der Waals surface area contributed by atoms with Gasteiger partial charge < -0.3 is 15.6 Å². The third-order valence-corrected chi connectivity index (χ3v) is 4.20. The van der Waals surface area contributed by atoms with Crippen molar-refractivity contribution < 1.29 is 31.1 Å². The van der Waals surface area contributed by atoms with Gasteiger partial charge in [0.05, 0.1) is 11.7 Å². The number of nitrogen functional groups attached to an aromatic ring is 1. The Bertz CT molecular complexity index is 1160. The maximum Gasteiger partial charge on any atom is 0.324 e. The van der Waals surface area contributed by atoms with Gasteiger partial charge in [0.2, 0.25) is 0 Å². The predicted octanol–water partition coefficient (Wildman–Crippen LogP) is 3.66. The second-order valence-electron chi connectivity index (χ2n) is 7.27. The number of aromatic nitrogens is 2. The van der Waals surface area contributed by atoms with Gasteiger partial charge in [-0.25, -0.2) is 18.6 Å². The summed E-state index contributed by atoms with van der Waals surface area (Å²) >= 11 is 0. The molecule has 178 valence electrons. The Morgan fingerprint density at radius 3 is 2.21 bits per heavy atom. The molecule has 0 fully saturated rings. The van der Waals surface area contributed by atoms with Crippen molar-refractivity contribution in [3.8, 4) is 11.1 Å². The average Bonchev–Trinajstić information content (AvgIpc) is 3.22. The highest BCUT2D eigenvalue weighted by atomic mass is 32.2. The summed E-state index contributed by atoms with van der Waals surface area (Å²) in [4.78, 5) is 16.1. The molecule has 2 amide bonds. The number of halogens is 2. The van der Waals surface area contributed by atoms with Gasteiger partial charge in [0.1, 0.15) is 24.9 Å². The summed E-state index contributed by atoms with van der Waals surface area (Å²) in [6.45, 7) is -0.518. The largest absolute Gasteiger partial charge is 0.384 e. The molecule has 0 spiro atoms. The van der Waals surface area contributed by atoms with Crippen LogP contribution in [-0.4, -0.2) is 48.7 Å². The molecule has 33 heavy (non-hydrogen) atoms. The molecule has 1 aromatic carbocycles. The van der Waals surface area contributed by atoms with E-state index in [9.17, 15) is 22.0 Å². The van der Waals surface area contributed by atoms with Crippen molar-refractivity contribution in [3.05, 3.63) is 54.4 Å². The Labute approximate surface area is 188 Å². The first kappa shape index (κ1) is 25.7. The van der Waals surface area contributed by atoms with Crippen molar-refractivity contribution >= 4 is 33.5 Å². The summed E-state index contributed by atoms with van der Waals surface area (Å²) in [7, 11) is -3.67. The number of carbonyl (C=O) groups is 1. The van der Waals surface area contributed by atoms with E-state index in [1.165, 1.54) is 13.0 Å². The number of anilines is 3. The summed E-state index contributed by atoms with van der Waals surface area (Å²) in [6, 6.07) is 11.4. The molecule has 0 unspecified atom stereocenters. The van der Waals surface area contributed by atoms with Gasteiger partial charge >= 0.3 is 6.03 Å². The van der Waals surface area contributed by atoms with Crippen molar-refractivity contribution in [2.45, 2.75) is 12.3 Å². The number of alkyl halides is 2. The Kier molecular flexibility index (Phi) is 8.43. The summed E-state index contributed by atoms with van der Waals surface area (Å²) in [6.07, 6.45) is 2.38. The van der Waals surface area contributed by atoms with Crippen LogP contribution in [0.5, 0.6) is 0 Å². The zero-order valence-corrected chi connectivity index (χ0v) is 18.6. The highest BCUT2D eigenvalue weighted by Gasteiger charge is 2.32. The van der Waals surface area contributed by atoms with Crippen molar-refractivity contribution in [2.75, 3.05) is 36.0 Å². The lowest BCUT2D eigenvalue weighted by Gasteiger charge is -2.17. The second kappa shape index (κ2) is 10.8. The molecule has 0 saturated heterocycles. The number of hydrogen-bond donors (Lipinski definition) is 4. The minimum absolute atomic E-state index is 0.0225. The number of nitrogens with one attached hydrogen (secondary N) is 2. The number of pyridine rings is 1. The Morgan fingerprint density at radius 1 is 1.12 bits per heavy atom. The highest BCUT2D eigenvalue weighted by Crippen LogP contribution is 2.27. The Hall–Kier alpha value is -3.58. The van der Waals surface area contributed by atoms with E-state index < -0.39 is 34.9 Å². The zero-order chi connectivity index (χ0) is 24.6. The average molecular weight is 483 g/mol. The Morgan fingerprint density at radius 2 is 1.70 bits per heavy atom. The first-order chi connectivity index (χ1) is 15.4. The lowest BCUT2D eigenvalue weighted by Crippen LogP contribution is -2.26. The van der Waals surface area contributed by atoms with E-state index in [0.717, 1.165) is 11.1 Å². The number of carbonyl (C=O) groups excluding carboxylic acids is 1. The molecule has 2 aromatic heterocycles. The minimum atomic E-state index is -3.67. The van der Waals surface area contributed by atoms with Crippen LogP contribution in [0.4, 0.5) is 30.9 Å². The van der Waals surface area contributed by atoms with Crippen LogP contribution in [0.3, 0.4) is 0 Å². The summed E-state index contributed by atoms with van der Waals surface area (Å²) in [5.41, 5.74) is 6.51. The van der Waals surface area contributed by atoms with Gasteiger partial charge in [0.15, 0.2) is 5.82 Å². The third-order valence-electron chi connectivity index (χ3n) is 4.20. The molecule has 13 heteroatoms. The monoisotopic (exact) mass is 483 g/mol. The smallest absolute Gasteiger partial charge is 0.324 e. The molecule has 5 N–H and O–H groups in total. The molecule has 0 bridgehead atoms. The van der Waals surface area contributed by atoms with Crippen LogP contribution in [0.1, 0.15) is 12.7 Å². The Balaban J connectivity index is 0.000000696. The quantitative estimate of drug-likeness (QED) is 0.386. The summed E-state index contributed by atoms with van der Waals surface area (Å²) in [5.74, 6) is 0.521. The van der Waals surface area contributed by atoms with Gasteiger partial charge in [-0.2, -0.15) is 8.42 Å². The number of nitrogens with two attached hydrogens (primary N) is 1. The molecule has 0 atom stereocenters. The van der Waals surface area contributed by atoms with Crippen LogP contribution < -0.4 is 16.4 Å². The van der Waals surface area contributed by atoms with Crippen LogP contribution in [0.15, 0.2) is 53.2 Å². The highest BCUT2D eigenvalue weighted by molar-refractivity contribution is 7.85. The molecule has 0 aliphatic heterocycles. The van der Waals surface area contributed by atoms with E-state index in [1.807, 2.05) is 18.2 Å². The summed E-state index contributed by atoms with van der Waals surface area (Å²) in [5, 5.41) is 8.72. The van der Waals surface area contributed by atoms with E-state index in [1.54, 1.807) is 24.4 Å². The number of hydrogen-bond acceptors (Lipinski definition) is 7. The number of nitrogens with zero attached hydrogens (tertiary/aromatic N) is 2. The minimum Gasteiger partial charge on any atom is -0.384 e. The van der Waals surface area contributed by atoms with Gasteiger partial charge in [-0.15, -0.1) is 0 Å². The van der Waals surface area contributed by atoms with E-state index in [4.69, 9.17) is 14.8 Å². The molecular formula is C20H23F2N5O5S. The summed E-state index contributed by atoms with van der Waals surface area (Å²) < 4.78 is 56.9. The maximum atomic E-state index is 13.0. The molecule has 0 aliphatic rings. The molecular weight excluding hydrogens is 460 g/mol. The molecule has 3 aromatic rings. The van der Waals surface area contributed by atoms with Crippen molar-refractivity contribution in [1.82, 2.24) is 10.1 Å². The first-order valence-corrected chi connectivity index (χ1v) is 11.2. The van der Waals surface area contributed by atoms with E-state index in [-0.39, 0.29) is 11.6 Å². The van der Waals surface area contributed by atoms with E-state index in [0.29, 0.717) is 17.8 Å². The number of rotatable bonds is 6. The van der Waals surface area contributed by atoms with E-state index in [2.05, 4.69) is 20.8 Å². The van der Waals surface area contributed by atoms with Crippen LogP contribution in [0.25, 0.3) is 11.1 Å². The topological polar surface area (TPSA) is 160 Å². The van der Waals surface area contributed by atoms with Crippen LogP contribution in [-0.2, 0) is 15.5 Å². The van der Waals surface area contributed by atoms with Gasteiger partial charge in [-0.05, 0) is 36.8 Å². The lowest BCUT2D eigenvalue weighted by atomic mass is 9.91. The van der Waals surface area contributed by atoms with Gasteiger partial charge in [-0.3, -0.25) is 9.87 Å². The lowest BCUT2D eigenvalue weighted by molar-refractivity contribution is 0.206. The molecule has 0 radical (unpaired) electrons. The van der Waals surface area contributed by atoms with Crippen LogP contribution in [0, 0.1) is 0 Å². The molecule has 0 saturated carbocycles. The van der Waals surface area contributed by atoms with Gasteiger partial charge in [0, 0.05) is 23.5 Å². The fraction of sp³-hybridized carbons (Fsp3) is 0.250. The zero-order valence-electron chi connectivity index (χ0n) is 17.7. The SMILES string of the molecule is CC(CF)(CF)c1cc(NC(=O)Nc2ccc(-c3ccc(N)nc3)cc2)no1.CS(=O)(=O)O. The molecule has 3 rings (SSSR count). The third kappa shape index (κ3) is 8.12. The van der Waals surface area contributed by atoms with Gasteiger partial charge in [-0.1, -0.05) is 17.3 Å².